The zero-order valence-electron chi connectivity index (χ0n) is 9.98. The number of carboxylic acids is 1. The normalized spacial score (nSPS) is 10.1. The number of rotatable bonds is 5. The molecule has 1 aromatic heterocycles. The number of aromatic carboxylic acids is 1. The Balaban J connectivity index is 2.58. The molecule has 1 rings (SSSR count). The number of hydrogen-bond donors (Lipinski definition) is 2. The van der Waals surface area contributed by atoms with Crippen molar-refractivity contribution in [1.82, 2.24) is 9.27 Å². The maximum atomic E-state index is 11.3. The number of carbonyl (C=O) groups is 2. The molecular formula is C10H15N3O3S. The third-order valence-electron chi connectivity index (χ3n) is 2.20. The first-order valence-corrected chi connectivity index (χ1v) is 5.84. The molecule has 0 aromatic carbocycles. The first-order chi connectivity index (χ1) is 7.93. The second kappa shape index (κ2) is 5.62. The molecule has 6 nitrogen and oxygen atoms in total. The van der Waals surface area contributed by atoms with Gasteiger partial charge in [-0.15, -0.1) is 0 Å². The van der Waals surface area contributed by atoms with Gasteiger partial charge in [-0.25, -0.2) is 4.79 Å². The summed E-state index contributed by atoms with van der Waals surface area (Å²) in [5, 5.41) is 12.4. The summed E-state index contributed by atoms with van der Waals surface area (Å²) in [6.07, 6.45) is 0.322. The number of anilines is 1. The molecule has 94 valence electrons. The van der Waals surface area contributed by atoms with E-state index in [0.717, 1.165) is 11.5 Å². The van der Waals surface area contributed by atoms with Crippen LogP contribution in [0, 0.1) is 6.92 Å². The number of carboxylic acid groups (broad SMARTS) is 1. The standard InChI is InChI=1S/C10H15N3O3S/c1-6-8(10(15)16)9(17-12-6)11-5-4-7(14)13(2)3/h11H,4-5H2,1-3H3,(H,15,16). The lowest BCUT2D eigenvalue weighted by atomic mass is 10.2. The van der Waals surface area contributed by atoms with Crippen molar-refractivity contribution in [1.29, 1.82) is 0 Å². The molecule has 1 heterocycles. The van der Waals surface area contributed by atoms with Crippen molar-refractivity contribution < 1.29 is 14.7 Å². The summed E-state index contributed by atoms with van der Waals surface area (Å²) in [4.78, 5) is 23.8. The van der Waals surface area contributed by atoms with Crippen molar-refractivity contribution in [2.24, 2.45) is 0 Å². The molecule has 2 N–H and O–H groups in total. The van der Waals surface area contributed by atoms with Crippen LogP contribution in [0.1, 0.15) is 22.5 Å². The SMILES string of the molecule is Cc1nsc(NCCC(=O)N(C)C)c1C(=O)O. The third-order valence-corrected chi connectivity index (χ3v) is 3.10. The van der Waals surface area contributed by atoms with Gasteiger partial charge in [-0.1, -0.05) is 0 Å². The Bertz CT molecular complexity index is 428. The van der Waals surface area contributed by atoms with E-state index in [1.807, 2.05) is 0 Å². The van der Waals surface area contributed by atoms with E-state index in [1.54, 1.807) is 21.0 Å². The van der Waals surface area contributed by atoms with Gasteiger partial charge in [0.1, 0.15) is 10.6 Å². The molecule has 0 atom stereocenters. The second-order valence-corrected chi connectivity index (χ2v) is 4.52. The average Bonchev–Trinajstić information content (AvgIpc) is 2.59. The summed E-state index contributed by atoms with van der Waals surface area (Å²) in [7, 11) is 3.36. The van der Waals surface area contributed by atoms with E-state index in [9.17, 15) is 9.59 Å². The fourth-order valence-electron chi connectivity index (χ4n) is 1.25. The van der Waals surface area contributed by atoms with Gasteiger partial charge in [0, 0.05) is 27.1 Å². The van der Waals surface area contributed by atoms with Crippen LogP contribution in [0.2, 0.25) is 0 Å². The van der Waals surface area contributed by atoms with E-state index in [-0.39, 0.29) is 11.5 Å². The van der Waals surface area contributed by atoms with Crippen molar-refractivity contribution >= 4 is 28.4 Å². The summed E-state index contributed by atoms with van der Waals surface area (Å²) in [5.41, 5.74) is 0.677. The monoisotopic (exact) mass is 257 g/mol. The van der Waals surface area contributed by atoms with Crippen LogP contribution in [0.3, 0.4) is 0 Å². The Kier molecular flexibility index (Phi) is 4.45. The van der Waals surface area contributed by atoms with Crippen LogP contribution >= 0.6 is 11.5 Å². The third kappa shape index (κ3) is 3.42. The predicted octanol–water partition coefficient (Wildman–Crippen LogP) is 1.04. The number of aromatic nitrogens is 1. The molecule has 17 heavy (non-hydrogen) atoms. The number of hydrogen-bond acceptors (Lipinski definition) is 5. The molecule has 0 unspecified atom stereocenters. The molecule has 0 saturated carbocycles. The first-order valence-electron chi connectivity index (χ1n) is 5.07. The van der Waals surface area contributed by atoms with Crippen molar-refractivity contribution in [3.63, 3.8) is 0 Å². The van der Waals surface area contributed by atoms with Crippen LogP contribution in [0.4, 0.5) is 5.00 Å². The van der Waals surface area contributed by atoms with Crippen molar-refractivity contribution in [3.05, 3.63) is 11.3 Å². The lowest BCUT2D eigenvalue weighted by Gasteiger charge is -2.10. The van der Waals surface area contributed by atoms with E-state index >= 15 is 0 Å². The Morgan fingerprint density at radius 1 is 1.47 bits per heavy atom. The van der Waals surface area contributed by atoms with E-state index in [2.05, 4.69) is 9.69 Å². The fraction of sp³-hybridized carbons (Fsp3) is 0.500. The van der Waals surface area contributed by atoms with Gasteiger partial charge in [0.25, 0.3) is 0 Å². The molecule has 0 aliphatic heterocycles. The number of aryl methyl sites for hydroxylation is 1. The molecule has 0 radical (unpaired) electrons. The molecule has 0 fully saturated rings. The van der Waals surface area contributed by atoms with Gasteiger partial charge in [0.05, 0.1) is 5.69 Å². The molecular weight excluding hydrogens is 242 g/mol. The Hall–Kier alpha value is -1.63. The van der Waals surface area contributed by atoms with Crippen LogP contribution in [0.25, 0.3) is 0 Å². The molecule has 1 aromatic rings. The van der Waals surface area contributed by atoms with E-state index < -0.39 is 5.97 Å². The maximum absolute atomic E-state index is 11.3. The van der Waals surface area contributed by atoms with Gasteiger partial charge in [-0.2, -0.15) is 4.37 Å². The number of carbonyl (C=O) groups excluding carboxylic acids is 1. The number of nitrogens with one attached hydrogen (secondary N) is 1. The van der Waals surface area contributed by atoms with Gasteiger partial charge < -0.3 is 15.3 Å². The minimum absolute atomic E-state index is 0.00406. The smallest absolute Gasteiger partial charge is 0.340 e. The largest absolute Gasteiger partial charge is 0.478 e. The molecule has 7 heteroatoms. The highest BCUT2D eigenvalue weighted by Gasteiger charge is 2.17. The van der Waals surface area contributed by atoms with Crippen molar-refractivity contribution in [2.45, 2.75) is 13.3 Å². The highest BCUT2D eigenvalue weighted by Crippen LogP contribution is 2.24. The molecule has 0 aliphatic carbocycles. The summed E-state index contributed by atoms with van der Waals surface area (Å²) in [6, 6.07) is 0. The summed E-state index contributed by atoms with van der Waals surface area (Å²) in [5.74, 6) is -1.01. The Labute approximate surface area is 103 Å². The average molecular weight is 257 g/mol. The molecule has 0 spiro atoms. The minimum atomic E-state index is -1.00. The lowest BCUT2D eigenvalue weighted by molar-refractivity contribution is -0.128. The zero-order chi connectivity index (χ0) is 13.0. The quantitative estimate of drug-likeness (QED) is 0.823. The van der Waals surface area contributed by atoms with Gasteiger partial charge in [0.15, 0.2) is 0 Å². The van der Waals surface area contributed by atoms with Crippen LogP contribution in [-0.2, 0) is 4.79 Å². The minimum Gasteiger partial charge on any atom is -0.478 e. The van der Waals surface area contributed by atoms with E-state index in [1.165, 1.54) is 4.90 Å². The van der Waals surface area contributed by atoms with Crippen LogP contribution in [0.15, 0.2) is 0 Å². The van der Waals surface area contributed by atoms with Gasteiger partial charge >= 0.3 is 5.97 Å². The van der Waals surface area contributed by atoms with Crippen molar-refractivity contribution in [2.75, 3.05) is 26.0 Å². The molecule has 1 amide bonds. The van der Waals surface area contributed by atoms with Gasteiger partial charge in [-0.05, 0) is 18.5 Å². The second-order valence-electron chi connectivity index (χ2n) is 3.74. The van der Waals surface area contributed by atoms with E-state index in [4.69, 9.17) is 5.11 Å². The molecule has 0 saturated heterocycles. The lowest BCUT2D eigenvalue weighted by Crippen LogP contribution is -2.24. The topological polar surface area (TPSA) is 82.5 Å². The van der Waals surface area contributed by atoms with Crippen molar-refractivity contribution in [3.8, 4) is 0 Å². The highest BCUT2D eigenvalue weighted by molar-refractivity contribution is 7.10. The fourth-order valence-corrected chi connectivity index (χ4v) is 2.06. The maximum Gasteiger partial charge on any atom is 0.340 e. The highest BCUT2D eigenvalue weighted by atomic mass is 32.1. The summed E-state index contributed by atoms with van der Waals surface area (Å²) >= 11 is 1.10. The Morgan fingerprint density at radius 3 is 2.65 bits per heavy atom. The van der Waals surface area contributed by atoms with Crippen LogP contribution < -0.4 is 5.32 Å². The molecule has 0 bridgehead atoms. The van der Waals surface area contributed by atoms with Crippen LogP contribution in [-0.4, -0.2) is 46.9 Å². The number of amides is 1. The van der Waals surface area contributed by atoms with Gasteiger partial charge in [-0.3, -0.25) is 4.79 Å². The van der Waals surface area contributed by atoms with E-state index in [0.29, 0.717) is 23.7 Å². The van der Waals surface area contributed by atoms with Gasteiger partial charge in [0.2, 0.25) is 5.91 Å². The predicted molar refractivity (Wildman–Crippen MR) is 65.6 cm³/mol. The summed E-state index contributed by atoms with van der Waals surface area (Å²) < 4.78 is 3.97. The molecule has 0 aliphatic rings. The Morgan fingerprint density at radius 2 is 2.12 bits per heavy atom. The summed E-state index contributed by atoms with van der Waals surface area (Å²) in [6.45, 7) is 2.05. The van der Waals surface area contributed by atoms with Crippen LogP contribution in [0.5, 0.6) is 0 Å². The zero-order valence-corrected chi connectivity index (χ0v) is 10.8. The first kappa shape index (κ1) is 13.4. The number of nitrogens with zero attached hydrogens (tertiary/aromatic N) is 2.